The summed E-state index contributed by atoms with van der Waals surface area (Å²) in [5, 5.41) is 14.7. The average Bonchev–Trinajstić information content (AvgIpc) is 3.32. The van der Waals surface area contributed by atoms with Crippen LogP contribution in [0.1, 0.15) is 31.1 Å². The molecule has 0 aliphatic carbocycles. The van der Waals surface area contributed by atoms with Gasteiger partial charge in [0, 0.05) is 36.5 Å². The van der Waals surface area contributed by atoms with E-state index >= 15 is 0 Å². The van der Waals surface area contributed by atoms with Gasteiger partial charge in [0.2, 0.25) is 11.9 Å². The van der Waals surface area contributed by atoms with Crippen molar-refractivity contribution in [1.29, 1.82) is 0 Å². The fraction of sp³-hybridized carbons (Fsp3) is 0.148. The molecule has 1 aromatic heterocycles. The number of hydrogen-bond donors (Lipinski definition) is 2. The average molecular weight is 449 g/mol. The first-order chi connectivity index (χ1) is 16.5. The van der Waals surface area contributed by atoms with Gasteiger partial charge in [0.25, 0.3) is 0 Å². The number of rotatable bonds is 4. The fourth-order valence-corrected chi connectivity index (χ4v) is 4.22. The van der Waals surface area contributed by atoms with Crippen molar-refractivity contribution in [2.24, 2.45) is 0 Å². The van der Waals surface area contributed by atoms with Gasteiger partial charge in [0.1, 0.15) is 12.5 Å². The second kappa shape index (κ2) is 8.75. The van der Waals surface area contributed by atoms with E-state index in [9.17, 15) is 4.79 Å². The molecule has 0 radical (unpaired) electrons. The van der Waals surface area contributed by atoms with Gasteiger partial charge in [-0.1, -0.05) is 36.3 Å². The number of fused-ring (bicyclic) bond motifs is 3. The van der Waals surface area contributed by atoms with Crippen LogP contribution in [-0.2, 0) is 4.79 Å². The Morgan fingerprint density at radius 1 is 1.09 bits per heavy atom. The van der Waals surface area contributed by atoms with Gasteiger partial charge in [0.05, 0.1) is 5.69 Å². The quantitative estimate of drug-likeness (QED) is 0.438. The minimum atomic E-state index is -0.132. The van der Waals surface area contributed by atoms with E-state index in [2.05, 4.69) is 81.0 Å². The van der Waals surface area contributed by atoms with E-state index in [-0.39, 0.29) is 12.1 Å². The number of amides is 1. The maximum absolute atomic E-state index is 11.3. The number of nitrogens with zero attached hydrogens (tertiary/aromatic N) is 4. The second-order valence-electron chi connectivity index (χ2n) is 8.14. The molecule has 2 N–H and O–H groups in total. The SMILES string of the molecule is CC#Cc1ccc2c(c1)-n1cnnc1NC2N(C)c1cccc(-c2ccc(NC(C)=O)cc2)c1. The van der Waals surface area contributed by atoms with Crippen molar-refractivity contribution in [2.75, 3.05) is 22.6 Å². The maximum Gasteiger partial charge on any atom is 0.230 e. The van der Waals surface area contributed by atoms with Crippen molar-refractivity contribution < 1.29 is 4.79 Å². The molecule has 0 fully saturated rings. The lowest BCUT2D eigenvalue weighted by Gasteiger charge is -2.35. The Balaban J connectivity index is 1.48. The maximum atomic E-state index is 11.3. The van der Waals surface area contributed by atoms with Crippen LogP contribution in [0.5, 0.6) is 0 Å². The number of aromatic nitrogens is 3. The Morgan fingerprint density at radius 2 is 1.91 bits per heavy atom. The van der Waals surface area contributed by atoms with Crippen LogP contribution in [0.3, 0.4) is 0 Å². The van der Waals surface area contributed by atoms with Crippen molar-refractivity contribution in [2.45, 2.75) is 20.0 Å². The van der Waals surface area contributed by atoms with Crippen LogP contribution in [0, 0.1) is 11.8 Å². The van der Waals surface area contributed by atoms with Crippen LogP contribution in [-0.4, -0.2) is 27.7 Å². The van der Waals surface area contributed by atoms with Crippen LogP contribution in [0.25, 0.3) is 16.8 Å². The summed E-state index contributed by atoms with van der Waals surface area (Å²) in [6.07, 6.45) is 1.58. The summed E-state index contributed by atoms with van der Waals surface area (Å²) in [5.41, 5.74) is 7.08. The normalized spacial score (nSPS) is 13.6. The molecule has 5 rings (SSSR count). The highest BCUT2D eigenvalue weighted by Crippen LogP contribution is 2.37. The lowest BCUT2D eigenvalue weighted by Crippen LogP contribution is -2.34. The highest BCUT2D eigenvalue weighted by molar-refractivity contribution is 5.89. The molecule has 3 aromatic carbocycles. The van der Waals surface area contributed by atoms with Crippen LogP contribution in [0.4, 0.5) is 17.3 Å². The van der Waals surface area contributed by atoms with Gasteiger partial charge in [-0.25, -0.2) is 0 Å². The summed E-state index contributed by atoms with van der Waals surface area (Å²) in [4.78, 5) is 13.5. The molecule has 7 heteroatoms. The van der Waals surface area contributed by atoms with E-state index in [0.717, 1.165) is 39.3 Å². The third-order valence-corrected chi connectivity index (χ3v) is 5.85. The summed E-state index contributed by atoms with van der Waals surface area (Å²) < 4.78 is 1.95. The first kappa shape index (κ1) is 21.3. The third kappa shape index (κ3) is 3.97. The van der Waals surface area contributed by atoms with Gasteiger partial charge >= 0.3 is 0 Å². The Kier molecular flexibility index (Phi) is 5.48. The molecule has 0 spiro atoms. The van der Waals surface area contributed by atoms with E-state index in [1.54, 1.807) is 6.33 Å². The smallest absolute Gasteiger partial charge is 0.230 e. The largest absolute Gasteiger partial charge is 0.351 e. The Bertz CT molecular complexity index is 1430. The number of carbonyl (C=O) groups excluding carboxylic acids is 1. The summed E-state index contributed by atoms with van der Waals surface area (Å²) in [6.45, 7) is 3.34. The second-order valence-corrected chi connectivity index (χ2v) is 8.14. The molecular weight excluding hydrogens is 424 g/mol. The Hall–Kier alpha value is -4.57. The van der Waals surface area contributed by atoms with E-state index < -0.39 is 0 Å². The zero-order valence-electron chi connectivity index (χ0n) is 19.2. The number of anilines is 3. The van der Waals surface area contributed by atoms with Gasteiger partial charge in [-0.2, -0.15) is 0 Å². The van der Waals surface area contributed by atoms with Crippen LogP contribution < -0.4 is 15.5 Å². The molecule has 0 saturated heterocycles. The molecule has 0 saturated carbocycles. The lowest BCUT2D eigenvalue weighted by atomic mass is 10.0. The van der Waals surface area contributed by atoms with Gasteiger partial charge in [-0.15, -0.1) is 16.1 Å². The number of hydrogen-bond acceptors (Lipinski definition) is 5. The third-order valence-electron chi connectivity index (χ3n) is 5.85. The molecule has 34 heavy (non-hydrogen) atoms. The van der Waals surface area contributed by atoms with Gasteiger partial charge < -0.3 is 15.5 Å². The Labute approximate surface area is 198 Å². The van der Waals surface area contributed by atoms with Crippen molar-refractivity contribution >= 4 is 23.2 Å². The molecular formula is C27H24N6O. The summed E-state index contributed by atoms with van der Waals surface area (Å²) in [5.74, 6) is 6.71. The minimum absolute atomic E-state index is 0.0821. The van der Waals surface area contributed by atoms with Crippen molar-refractivity contribution in [1.82, 2.24) is 14.8 Å². The minimum Gasteiger partial charge on any atom is -0.351 e. The summed E-state index contributed by atoms with van der Waals surface area (Å²) in [6, 6.07) is 22.5. The molecule has 4 aromatic rings. The zero-order chi connectivity index (χ0) is 23.7. The molecule has 1 amide bonds. The van der Waals surface area contributed by atoms with Gasteiger partial charge in [-0.3, -0.25) is 9.36 Å². The molecule has 2 heterocycles. The van der Waals surface area contributed by atoms with Crippen molar-refractivity contribution in [3.05, 3.63) is 84.2 Å². The fourth-order valence-electron chi connectivity index (χ4n) is 4.22. The molecule has 1 unspecified atom stereocenters. The topological polar surface area (TPSA) is 75.1 Å². The number of nitrogens with one attached hydrogen (secondary N) is 2. The van der Waals surface area contributed by atoms with Crippen molar-refractivity contribution in [3.63, 3.8) is 0 Å². The van der Waals surface area contributed by atoms with Gasteiger partial charge in [-0.05, 0) is 54.4 Å². The zero-order valence-corrected chi connectivity index (χ0v) is 19.2. The first-order valence-electron chi connectivity index (χ1n) is 11.0. The highest BCUT2D eigenvalue weighted by atomic mass is 16.1. The predicted molar refractivity (Wildman–Crippen MR) is 135 cm³/mol. The van der Waals surface area contributed by atoms with E-state index in [1.807, 2.05) is 41.8 Å². The van der Waals surface area contributed by atoms with E-state index in [0.29, 0.717) is 5.95 Å². The summed E-state index contributed by atoms with van der Waals surface area (Å²) >= 11 is 0. The Morgan fingerprint density at radius 3 is 2.68 bits per heavy atom. The number of carbonyl (C=O) groups is 1. The molecule has 1 aliphatic heterocycles. The molecule has 0 bridgehead atoms. The summed E-state index contributed by atoms with van der Waals surface area (Å²) in [7, 11) is 2.06. The molecule has 1 atom stereocenters. The lowest BCUT2D eigenvalue weighted by molar-refractivity contribution is -0.114. The van der Waals surface area contributed by atoms with Crippen LogP contribution in [0.2, 0.25) is 0 Å². The van der Waals surface area contributed by atoms with Crippen molar-refractivity contribution in [3.8, 4) is 28.7 Å². The van der Waals surface area contributed by atoms with Gasteiger partial charge in [0.15, 0.2) is 0 Å². The van der Waals surface area contributed by atoms with E-state index in [4.69, 9.17) is 0 Å². The van der Waals surface area contributed by atoms with E-state index in [1.165, 1.54) is 6.92 Å². The monoisotopic (exact) mass is 448 g/mol. The van der Waals surface area contributed by atoms with Crippen LogP contribution >= 0.6 is 0 Å². The highest BCUT2D eigenvalue weighted by Gasteiger charge is 2.28. The standard InChI is InChI=1S/C27H24N6O/c1-4-6-19-9-14-24-25(15-19)33-17-28-31-27(33)30-26(24)32(3)23-8-5-7-21(16-23)20-10-12-22(13-11-20)29-18(2)34/h5,7-17,26H,1-3H3,(H,29,34)(H,30,31). The van der Waals surface area contributed by atoms with Crippen LogP contribution in [0.15, 0.2) is 73.1 Å². The molecule has 1 aliphatic rings. The number of benzene rings is 3. The predicted octanol–water partition coefficient (Wildman–Crippen LogP) is 4.82. The molecule has 7 nitrogen and oxygen atoms in total. The molecule has 168 valence electrons. The first-order valence-corrected chi connectivity index (χ1v) is 11.0.